The molecule has 1 saturated heterocycles. The van der Waals surface area contributed by atoms with E-state index in [-0.39, 0.29) is 15.7 Å². The Morgan fingerprint density at radius 2 is 1.80 bits per heavy atom. The minimum Gasteiger partial charge on any atom is -0.514 e. The van der Waals surface area contributed by atoms with E-state index < -0.39 is 8.80 Å². The molecule has 1 atom stereocenters. The Morgan fingerprint density at radius 1 is 1.24 bits per heavy atom. The minimum atomic E-state index is -2.47. The van der Waals surface area contributed by atoms with Gasteiger partial charge in [0.2, 0.25) is 0 Å². The number of rotatable bonds is 14. The average molecular weight is 393 g/mol. The van der Waals surface area contributed by atoms with Crippen molar-refractivity contribution in [2.24, 2.45) is 0 Å². The molecule has 7 nitrogen and oxygen atoms in total. The van der Waals surface area contributed by atoms with E-state index in [0.717, 1.165) is 25.1 Å². The van der Waals surface area contributed by atoms with Gasteiger partial charge in [0.15, 0.2) is 0 Å². The zero-order chi connectivity index (χ0) is 19.0. The standard InChI is InChI=1S/C12H26O5Si.C4H6O2Si/c1-4-15-18(16-5-2,17-6-3)9-7-8-13-10-12-11-14-12;1-3-4(5)6-7-2/h12H,4-11H2,1-3H3;3H,1H2,2H3. The van der Waals surface area contributed by atoms with Gasteiger partial charge >= 0.3 is 24.5 Å². The molecule has 0 amide bonds. The first-order chi connectivity index (χ1) is 12.1. The van der Waals surface area contributed by atoms with E-state index in [2.05, 4.69) is 11.0 Å². The van der Waals surface area contributed by atoms with E-state index in [1.807, 2.05) is 20.8 Å². The molecule has 9 heteroatoms. The van der Waals surface area contributed by atoms with Gasteiger partial charge in [0.25, 0.3) is 0 Å². The van der Waals surface area contributed by atoms with Gasteiger partial charge in [-0.15, -0.1) is 0 Å². The molecule has 1 aliphatic heterocycles. The van der Waals surface area contributed by atoms with Crippen molar-refractivity contribution < 1.29 is 32.0 Å². The van der Waals surface area contributed by atoms with Crippen molar-refractivity contribution in [3.05, 3.63) is 12.7 Å². The molecule has 1 heterocycles. The number of hydrogen-bond donors (Lipinski definition) is 0. The predicted molar refractivity (Wildman–Crippen MR) is 98.5 cm³/mol. The SMILES string of the molecule is C=CC(=O)O[Si]C.CCO[Si](CCCOCC1CO1)(OCC)OCC. The van der Waals surface area contributed by atoms with Gasteiger partial charge in [0.05, 0.1) is 13.2 Å². The molecule has 1 unspecified atom stereocenters. The van der Waals surface area contributed by atoms with Crippen LogP contribution >= 0.6 is 0 Å². The van der Waals surface area contributed by atoms with E-state index >= 15 is 0 Å². The summed E-state index contributed by atoms with van der Waals surface area (Å²) >= 11 is 0. The van der Waals surface area contributed by atoms with Crippen LogP contribution in [0.4, 0.5) is 0 Å². The molecule has 0 bridgehead atoms. The van der Waals surface area contributed by atoms with Crippen molar-refractivity contribution >= 4 is 24.5 Å². The minimum absolute atomic E-state index is 0.224. The highest BCUT2D eigenvalue weighted by molar-refractivity contribution is 6.60. The molecule has 0 aromatic carbocycles. The molecular formula is C16H32O7Si2. The van der Waals surface area contributed by atoms with Crippen molar-refractivity contribution in [2.75, 3.05) is 39.6 Å². The van der Waals surface area contributed by atoms with Gasteiger partial charge in [-0.2, -0.15) is 0 Å². The Morgan fingerprint density at radius 3 is 2.16 bits per heavy atom. The van der Waals surface area contributed by atoms with Gasteiger partial charge in [-0.25, -0.2) is 4.79 Å². The fourth-order valence-electron chi connectivity index (χ4n) is 1.91. The second-order valence-corrected chi connectivity index (χ2v) is 8.29. The topological polar surface area (TPSA) is 75.8 Å². The summed E-state index contributed by atoms with van der Waals surface area (Å²) in [5.41, 5.74) is 0. The van der Waals surface area contributed by atoms with Crippen LogP contribution in [-0.2, 0) is 32.0 Å². The Kier molecular flexibility index (Phi) is 15.3. The number of carbonyl (C=O) groups excluding carboxylic acids is 1. The second kappa shape index (κ2) is 15.7. The van der Waals surface area contributed by atoms with Crippen LogP contribution in [0.25, 0.3) is 0 Å². The van der Waals surface area contributed by atoms with Crippen molar-refractivity contribution in [3.8, 4) is 0 Å². The highest BCUT2D eigenvalue weighted by atomic mass is 28.4. The lowest BCUT2D eigenvalue weighted by atomic mass is 10.5. The van der Waals surface area contributed by atoms with E-state index in [4.69, 9.17) is 22.8 Å². The van der Waals surface area contributed by atoms with Crippen LogP contribution < -0.4 is 0 Å². The molecule has 25 heavy (non-hydrogen) atoms. The normalized spacial score (nSPS) is 15.9. The van der Waals surface area contributed by atoms with Gasteiger partial charge in [0, 0.05) is 38.5 Å². The summed E-state index contributed by atoms with van der Waals surface area (Å²) in [6.07, 6.45) is 2.38. The van der Waals surface area contributed by atoms with E-state index in [0.29, 0.717) is 39.1 Å². The van der Waals surface area contributed by atoms with Crippen LogP contribution in [-0.4, -0.2) is 70.3 Å². The highest BCUT2D eigenvalue weighted by Crippen LogP contribution is 2.18. The summed E-state index contributed by atoms with van der Waals surface area (Å²) in [7, 11) is -2.24. The maximum atomic E-state index is 10.1. The Labute approximate surface area is 155 Å². The zero-order valence-electron chi connectivity index (χ0n) is 15.9. The molecule has 0 N–H and O–H groups in total. The highest BCUT2D eigenvalue weighted by Gasteiger charge is 2.39. The van der Waals surface area contributed by atoms with Crippen LogP contribution in [0.1, 0.15) is 27.2 Å². The first kappa shape index (κ1) is 24.4. The molecule has 0 spiro atoms. The molecule has 0 aromatic heterocycles. The maximum absolute atomic E-state index is 10.1. The van der Waals surface area contributed by atoms with Crippen molar-refractivity contribution in [1.29, 1.82) is 0 Å². The summed E-state index contributed by atoms with van der Waals surface area (Å²) < 4.78 is 32.4. The molecule has 1 fully saturated rings. The van der Waals surface area contributed by atoms with Crippen LogP contribution in [0, 0.1) is 0 Å². The van der Waals surface area contributed by atoms with E-state index in [1.54, 1.807) is 6.55 Å². The van der Waals surface area contributed by atoms with Gasteiger partial charge in [0.1, 0.15) is 6.10 Å². The van der Waals surface area contributed by atoms with Gasteiger partial charge in [-0.1, -0.05) is 6.58 Å². The molecule has 146 valence electrons. The summed E-state index contributed by atoms with van der Waals surface area (Å²) in [4.78, 5) is 10.1. The molecule has 1 aliphatic rings. The third-order valence-corrected chi connectivity index (χ3v) is 6.50. The van der Waals surface area contributed by atoms with Crippen LogP contribution in [0.5, 0.6) is 0 Å². The van der Waals surface area contributed by atoms with E-state index in [9.17, 15) is 4.79 Å². The third-order valence-electron chi connectivity index (χ3n) is 2.94. The van der Waals surface area contributed by atoms with E-state index in [1.165, 1.54) is 0 Å². The molecule has 0 aliphatic carbocycles. The third kappa shape index (κ3) is 13.3. The smallest absolute Gasteiger partial charge is 0.501 e. The second-order valence-electron chi connectivity index (χ2n) is 4.95. The van der Waals surface area contributed by atoms with Crippen LogP contribution in [0.15, 0.2) is 12.7 Å². The molecule has 1 rings (SSSR count). The van der Waals surface area contributed by atoms with Gasteiger partial charge in [-0.05, 0) is 33.7 Å². The number of carbonyl (C=O) groups is 1. The Hall–Kier alpha value is -0.556. The van der Waals surface area contributed by atoms with Crippen molar-refractivity contribution in [3.63, 3.8) is 0 Å². The van der Waals surface area contributed by atoms with Gasteiger partial charge < -0.3 is 27.2 Å². The van der Waals surface area contributed by atoms with Crippen molar-refractivity contribution in [2.45, 2.75) is 45.9 Å². The first-order valence-electron chi connectivity index (χ1n) is 8.68. The van der Waals surface area contributed by atoms with Crippen molar-refractivity contribution in [1.82, 2.24) is 0 Å². The quantitative estimate of drug-likeness (QED) is 0.194. The lowest BCUT2D eigenvalue weighted by Crippen LogP contribution is -2.46. The Bertz CT molecular complexity index is 334. The summed E-state index contributed by atoms with van der Waals surface area (Å²) in [6.45, 7) is 15.0. The average Bonchev–Trinajstić information content (AvgIpc) is 3.40. The summed E-state index contributed by atoms with van der Waals surface area (Å²) in [5.74, 6) is -0.346. The molecule has 0 aromatic rings. The lowest BCUT2D eigenvalue weighted by molar-refractivity contribution is -0.128. The fourth-order valence-corrected chi connectivity index (χ4v) is 4.78. The summed E-state index contributed by atoms with van der Waals surface area (Å²) in [6, 6.07) is 0.814. The largest absolute Gasteiger partial charge is 0.514 e. The maximum Gasteiger partial charge on any atom is 0.501 e. The molecule has 2 radical (unpaired) electrons. The van der Waals surface area contributed by atoms with Crippen LogP contribution in [0.2, 0.25) is 12.6 Å². The fraction of sp³-hybridized carbons (Fsp3) is 0.812. The zero-order valence-corrected chi connectivity index (χ0v) is 17.9. The summed E-state index contributed by atoms with van der Waals surface area (Å²) in [5, 5.41) is 0. The van der Waals surface area contributed by atoms with Gasteiger partial charge in [-0.3, -0.25) is 0 Å². The monoisotopic (exact) mass is 392 g/mol. The van der Waals surface area contributed by atoms with Crippen LogP contribution in [0.3, 0.4) is 0 Å². The first-order valence-corrected chi connectivity index (χ1v) is 12.0. The molecule has 0 saturated carbocycles. The lowest BCUT2D eigenvalue weighted by Gasteiger charge is -2.28. The number of epoxide rings is 1. The molecular weight excluding hydrogens is 360 g/mol. The Balaban J connectivity index is 0.000000697. The number of hydrogen-bond acceptors (Lipinski definition) is 7. The predicted octanol–water partition coefficient (Wildman–Crippen LogP) is 2.22. The number of ether oxygens (including phenoxy) is 2.